The summed E-state index contributed by atoms with van der Waals surface area (Å²) in [4.78, 5) is 14.9. The largest absolute Gasteiger partial charge is 0.308 e. The molecule has 0 bridgehead atoms. The minimum Gasteiger partial charge on any atom is -0.308 e. The van der Waals surface area contributed by atoms with Crippen molar-refractivity contribution in [2.75, 3.05) is 0 Å². The smallest absolute Gasteiger partial charge is 0.166 e. The van der Waals surface area contributed by atoms with Crippen molar-refractivity contribution in [2.45, 2.75) is 0 Å². The molecule has 0 amide bonds. The van der Waals surface area contributed by atoms with Gasteiger partial charge >= 0.3 is 0 Å². The minimum absolute atomic E-state index is 0.00877. The average Bonchev–Trinajstić information content (AvgIpc) is 3.97. The third-order valence-electron chi connectivity index (χ3n) is 9.67. The lowest BCUT2D eigenvalue weighted by Crippen LogP contribution is -2.04. The van der Waals surface area contributed by atoms with Crippen molar-refractivity contribution < 1.29 is 20.6 Å². The first-order valence-corrected chi connectivity index (χ1v) is 18.4. The third-order valence-corrected chi connectivity index (χ3v) is 10.7. The van der Waals surface area contributed by atoms with E-state index in [9.17, 15) is 4.11 Å². The van der Waals surface area contributed by atoms with Gasteiger partial charge in [0.05, 0.1) is 37.3 Å². The van der Waals surface area contributed by atoms with Crippen LogP contribution in [-0.2, 0) is 0 Å². The number of thiophene rings is 1. The van der Waals surface area contributed by atoms with Crippen LogP contribution in [-0.4, -0.2) is 19.5 Å². The normalized spacial score (nSPS) is 15.3. The zero-order chi connectivity index (χ0) is 50.1. The van der Waals surface area contributed by atoms with Crippen LogP contribution < -0.4 is 0 Å². The van der Waals surface area contributed by atoms with E-state index in [0.717, 1.165) is 22.5 Å². The third kappa shape index (κ3) is 5.40. The molecule has 0 aliphatic heterocycles. The van der Waals surface area contributed by atoms with Crippen molar-refractivity contribution in [2.24, 2.45) is 0 Å². The molecule has 11 rings (SSSR count). The van der Waals surface area contributed by atoms with E-state index in [4.69, 9.17) is 31.4 Å². The van der Waals surface area contributed by atoms with Crippen molar-refractivity contribution in [1.82, 2.24) is 19.5 Å². The van der Waals surface area contributed by atoms with Gasteiger partial charge in [0, 0.05) is 47.6 Å². The van der Waals surface area contributed by atoms with Crippen LogP contribution in [0.1, 0.15) is 20.6 Å². The number of nitrogens with zero attached hydrogens (tertiary/aromatic N) is 4. The van der Waals surface area contributed by atoms with Crippen LogP contribution >= 0.6 is 11.3 Å². The van der Waals surface area contributed by atoms with E-state index in [1.165, 1.54) is 10.6 Å². The maximum atomic E-state index is 9.42. The Balaban J connectivity index is 1.30. The Morgan fingerprint density at radius 1 is 0.411 bits per heavy atom. The summed E-state index contributed by atoms with van der Waals surface area (Å²) in [5.41, 5.74) is 3.10. The van der Waals surface area contributed by atoms with Gasteiger partial charge in [-0.25, -0.2) is 15.0 Å². The lowest BCUT2D eigenvalue weighted by atomic mass is 9.97. The van der Waals surface area contributed by atoms with Gasteiger partial charge in [0.15, 0.2) is 17.5 Å². The molecule has 3 heterocycles. The van der Waals surface area contributed by atoms with Crippen molar-refractivity contribution in [1.29, 1.82) is 0 Å². The van der Waals surface area contributed by atoms with E-state index in [1.54, 1.807) is 12.1 Å². The molecule has 5 heteroatoms. The van der Waals surface area contributed by atoms with Crippen molar-refractivity contribution >= 4 is 53.3 Å². The number of aromatic nitrogens is 4. The molecule has 4 nitrogen and oxygen atoms in total. The molecule has 0 saturated carbocycles. The minimum atomic E-state index is -0.647. The number of rotatable bonds is 6. The highest BCUT2D eigenvalue weighted by Gasteiger charge is 2.21. The van der Waals surface area contributed by atoms with Crippen LogP contribution in [0.4, 0.5) is 0 Å². The molecule has 3 aromatic heterocycles. The highest BCUT2D eigenvalue weighted by molar-refractivity contribution is 7.25. The van der Waals surface area contributed by atoms with Gasteiger partial charge in [0.1, 0.15) is 0 Å². The average molecular weight is 748 g/mol. The molecular formula is C51H32N4S. The fourth-order valence-corrected chi connectivity index (χ4v) is 8.05. The van der Waals surface area contributed by atoms with Crippen LogP contribution in [0.2, 0.25) is 0 Å². The summed E-state index contributed by atoms with van der Waals surface area (Å²) in [6.45, 7) is 0. The molecule has 262 valence electrons. The van der Waals surface area contributed by atoms with Gasteiger partial charge in [0.25, 0.3) is 0 Å². The SMILES string of the molecule is [2H]c1c([2H])c([2H])c2c(sc3c([2H])c([2H])c([2H])c(-c4ccc(-c5nc(-c6ccccc6)nc(-c6ccc(-c7ccccc7)cc6)n5)c(-n5c6c([2H])c([2H])c([2H])c([2H])c6c6c([2H])c([2H])c([2H])c([2H])c65)c4)c32)c1[2H]. The number of hydrogen-bond donors (Lipinski definition) is 0. The maximum Gasteiger partial charge on any atom is 0.166 e. The molecule has 0 aliphatic carbocycles. The van der Waals surface area contributed by atoms with E-state index >= 15 is 0 Å². The molecule has 0 saturated heterocycles. The fraction of sp³-hybridized carbons (Fsp3) is 0. The number of para-hydroxylation sites is 2. The molecule has 0 atom stereocenters. The van der Waals surface area contributed by atoms with Crippen LogP contribution in [0, 0.1) is 0 Å². The molecule has 0 radical (unpaired) electrons. The summed E-state index contributed by atoms with van der Waals surface area (Å²) in [7, 11) is 0. The van der Waals surface area contributed by atoms with Gasteiger partial charge in [-0.05, 0) is 58.6 Å². The Kier molecular flexibility index (Phi) is 4.85. The summed E-state index contributed by atoms with van der Waals surface area (Å²) >= 11 is 0.899. The summed E-state index contributed by atoms with van der Waals surface area (Å²) in [6.07, 6.45) is 0. The second-order valence-electron chi connectivity index (χ2n) is 12.9. The number of hydrogen-bond acceptors (Lipinski definition) is 4. The number of fused-ring (bicyclic) bond motifs is 6. The van der Waals surface area contributed by atoms with Gasteiger partial charge in [-0.15, -0.1) is 11.3 Å². The topological polar surface area (TPSA) is 43.6 Å². The highest BCUT2D eigenvalue weighted by atomic mass is 32.1. The zero-order valence-electron chi connectivity index (χ0n) is 44.0. The van der Waals surface area contributed by atoms with E-state index in [2.05, 4.69) is 0 Å². The van der Waals surface area contributed by atoms with Crippen LogP contribution in [0.3, 0.4) is 0 Å². The first-order valence-electron chi connectivity index (χ1n) is 25.1. The Morgan fingerprint density at radius 3 is 1.62 bits per heavy atom. The quantitative estimate of drug-likeness (QED) is 0.170. The second kappa shape index (κ2) is 13.3. The van der Waals surface area contributed by atoms with Crippen molar-refractivity contribution in [3.63, 3.8) is 0 Å². The predicted octanol–water partition coefficient (Wildman–Crippen LogP) is 13.7. The highest BCUT2D eigenvalue weighted by Crippen LogP contribution is 2.43. The molecular weight excluding hydrogens is 701 g/mol. The second-order valence-corrected chi connectivity index (χ2v) is 13.9. The van der Waals surface area contributed by atoms with E-state index < -0.39 is 78.6 Å². The standard InChI is InChI=1S/C51H32N4S/c1-3-14-33(15-4-1)34-26-28-36(29-27-34)50-52-49(35-16-5-2-6-17-35)53-51(54-50)41-31-30-37(38-21-13-25-47-48(38)42-20-9-12-24-46(42)56-47)32-45(41)55-43-22-10-7-18-39(43)40-19-8-11-23-44(40)55/h1-32H/i7D,8D,9D,10D,11D,12D,13D,18D,19D,20D,21D,22D,23D,24D,25D. The van der Waals surface area contributed by atoms with Gasteiger partial charge in [-0.2, -0.15) is 0 Å². The molecule has 56 heavy (non-hydrogen) atoms. The van der Waals surface area contributed by atoms with Crippen molar-refractivity contribution in [3.05, 3.63) is 194 Å². The van der Waals surface area contributed by atoms with Crippen LogP contribution in [0.5, 0.6) is 0 Å². The van der Waals surface area contributed by atoms with Gasteiger partial charge < -0.3 is 4.57 Å². The monoisotopic (exact) mass is 747 g/mol. The molecule has 11 aromatic rings. The fourth-order valence-electron chi connectivity index (χ4n) is 7.08. The van der Waals surface area contributed by atoms with E-state index in [0.29, 0.717) is 11.1 Å². The Labute approximate surface area is 348 Å². The van der Waals surface area contributed by atoms with Gasteiger partial charge in [-0.1, -0.05) is 157 Å². The molecule has 0 N–H and O–H groups in total. The molecule has 8 aromatic carbocycles. The maximum absolute atomic E-state index is 9.42. The zero-order valence-corrected chi connectivity index (χ0v) is 29.8. The summed E-state index contributed by atoms with van der Waals surface area (Å²) in [6, 6.07) is 23.3. The summed E-state index contributed by atoms with van der Waals surface area (Å²) in [5.74, 6) is 0.527. The van der Waals surface area contributed by atoms with Crippen LogP contribution in [0.15, 0.2) is 194 Å². The number of benzene rings is 8. The van der Waals surface area contributed by atoms with E-state index in [-0.39, 0.29) is 93.9 Å². The lowest BCUT2D eigenvalue weighted by molar-refractivity contribution is 1.06. The molecule has 0 unspecified atom stereocenters. The summed E-state index contributed by atoms with van der Waals surface area (Å²) < 4.78 is 136. The first kappa shape index (κ1) is 20.5. The Morgan fingerprint density at radius 2 is 0.929 bits per heavy atom. The van der Waals surface area contributed by atoms with Gasteiger partial charge in [0.2, 0.25) is 0 Å². The lowest BCUT2D eigenvalue weighted by Gasteiger charge is -2.17. The van der Waals surface area contributed by atoms with E-state index in [1.807, 2.05) is 84.9 Å². The molecule has 0 spiro atoms. The van der Waals surface area contributed by atoms with Crippen LogP contribution in [0.25, 0.3) is 104 Å². The molecule has 0 aliphatic rings. The summed E-state index contributed by atoms with van der Waals surface area (Å²) in [5, 5.41) is -0.235. The van der Waals surface area contributed by atoms with Crippen molar-refractivity contribution in [3.8, 4) is 62.1 Å². The Bertz CT molecular complexity index is 4030. The predicted molar refractivity (Wildman–Crippen MR) is 234 cm³/mol. The van der Waals surface area contributed by atoms with Gasteiger partial charge in [-0.3, -0.25) is 0 Å². The first-order chi connectivity index (χ1) is 34.0. The Hall–Kier alpha value is -7.21. The molecule has 0 fully saturated rings.